The lowest BCUT2D eigenvalue weighted by atomic mass is 9.76. The Morgan fingerprint density at radius 3 is 0.780 bits per heavy atom. The van der Waals surface area contributed by atoms with Crippen LogP contribution in [0, 0.1) is 10.8 Å². The van der Waals surface area contributed by atoms with Gasteiger partial charge in [-0.3, -0.25) is 28.8 Å². The summed E-state index contributed by atoms with van der Waals surface area (Å²) < 4.78 is 49.9. The van der Waals surface area contributed by atoms with Crippen LogP contribution in [0.2, 0.25) is 0 Å². The summed E-state index contributed by atoms with van der Waals surface area (Å²) in [5.41, 5.74) is -4.37. The van der Waals surface area contributed by atoms with Crippen molar-refractivity contribution in [1.82, 2.24) is 10.6 Å². The standard InChI is InChI=1S/C110H132N2O20/c1-5-9-13-17-21-37-63-129-103(121)107(104(122)130-64-38-22-18-14-10-6-2)75-93-94(76-107)98(100(118)112-110(83-51-33-27-34-52-83,84-53-35-28-36-54-84)86-56-46-58-92(72-86)126-60-42-44-62-128-102(120)80-69-89(115)74-90(116)70-80)96-78-108(105(123)131-65-39-23-19-15-11-7-3,106(124)132-66-40-24-20-16-12-8-4)77-95(96)97(93)99(117)111-109(81-47-29-25-30-48-81,82-49-31-26-32-50-82)85-55-45-57-91(71-85)125-59-41-43-61-127-101(119)79-67-87(113)73-88(114)68-79/h25-36,45-58,67-74,113-116H,5-24,37-44,59-66,75-78H2,1-4H3,(H,111,117)(H,112,118). The minimum Gasteiger partial charge on any atom is -0.508 e. The summed E-state index contributed by atoms with van der Waals surface area (Å²) >= 11 is 0. The summed E-state index contributed by atoms with van der Waals surface area (Å²) in [7, 11) is 0. The Bertz CT molecular complexity index is 4710. The van der Waals surface area contributed by atoms with E-state index in [1.807, 2.05) is 158 Å². The van der Waals surface area contributed by atoms with Crippen molar-refractivity contribution in [2.75, 3.05) is 52.9 Å². The summed E-state index contributed by atoms with van der Waals surface area (Å²) in [6.45, 7) is 8.63. The third-order valence-electron chi connectivity index (χ3n) is 25.1. The zero-order valence-corrected chi connectivity index (χ0v) is 77.2. The highest BCUT2D eigenvalue weighted by Gasteiger charge is 2.61. The lowest BCUT2D eigenvalue weighted by Crippen LogP contribution is -2.49. The van der Waals surface area contributed by atoms with Crippen molar-refractivity contribution in [2.24, 2.45) is 10.8 Å². The third kappa shape index (κ3) is 26.1. The zero-order valence-electron chi connectivity index (χ0n) is 77.2. The highest BCUT2D eigenvalue weighted by Crippen LogP contribution is 2.53. The molecule has 2 aliphatic rings. The van der Waals surface area contributed by atoms with E-state index in [9.17, 15) is 30.0 Å². The molecule has 132 heavy (non-hydrogen) atoms. The number of phenolic OH excluding ortho intramolecular Hbond substituents is 4. The Kier molecular flexibility index (Phi) is 38.5. The van der Waals surface area contributed by atoms with Gasteiger partial charge in [-0.25, -0.2) is 9.59 Å². The monoisotopic (exact) mass is 1800 g/mol. The quantitative estimate of drug-likeness (QED) is 0.00678. The molecule has 0 saturated carbocycles. The Labute approximate surface area is 777 Å². The summed E-state index contributed by atoms with van der Waals surface area (Å²) in [5.74, 6) is -6.99. The largest absolute Gasteiger partial charge is 0.508 e. The fourth-order valence-electron chi connectivity index (χ4n) is 18.1. The van der Waals surface area contributed by atoms with Crippen molar-refractivity contribution in [2.45, 2.75) is 244 Å². The number of carbonyl (C=O) groups excluding carboxylic acids is 8. The number of hydrogen-bond acceptors (Lipinski definition) is 20. The van der Waals surface area contributed by atoms with E-state index in [1.165, 1.54) is 24.3 Å². The van der Waals surface area contributed by atoms with Crippen molar-refractivity contribution in [3.8, 4) is 34.5 Å². The predicted molar refractivity (Wildman–Crippen MR) is 506 cm³/mol. The first-order chi connectivity index (χ1) is 64.2. The Balaban J connectivity index is 1.11. The topological polar surface area (TPSA) is 315 Å². The van der Waals surface area contributed by atoms with Crippen LogP contribution in [0.5, 0.6) is 34.5 Å². The molecule has 0 heterocycles. The van der Waals surface area contributed by atoms with Crippen molar-refractivity contribution in [3.63, 3.8) is 0 Å². The van der Waals surface area contributed by atoms with E-state index in [2.05, 4.69) is 38.3 Å². The van der Waals surface area contributed by atoms with Crippen LogP contribution in [-0.4, -0.2) is 121 Å². The number of nitrogens with one attached hydrogen (secondary N) is 2. The Hall–Kier alpha value is -12.5. The lowest BCUT2D eigenvalue weighted by molar-refractivity contribution is -0.173. The van der Waals surface area contributed by atoms with Gasteiger partial charge in [-0.05, 0) is 156 Å². The average Bonchev–Trinajstić information content (AvgIpc) is 1.54. The first-order valence-electron chi connectivity index (χ1n) is 47.9. The fourth-order valence-corrected chi connectivity index (χ4v) is 18.1. The molecule has 0 unspecified atom stereocenters. The van der Waals surface area contributed by atoms with Crippen LogP contribution >= 0.6 is 0 Å². The minimum atomic E-state index is -2.26. The van der Waals surface area contributed by atoms with Gasteiger partial charge < -0.3 is 69.0 Å². The molecule has 0 spiro atoms. The van der Waals surface area contributed by atoms with Crippen LogP contribution in [0.4, 0.5) is 0 Å². The molecule has 0 saturated heterocycles. The van der Waals surface area contributed by atoms with E-state index in [0.29, 0.717) is 96.2 Å². The van der Waals surface area contributed by atoms with Gasteiger partial charge in [-0.2, -0.15) is 0 Å². The van der Waals surface area contributed by atoms with E-state index in [0.717, 1.165) is 141 Å². The summed E-state index contributed by atoms with van der Waals surface area (Å²) in [5, 5.41) is 47.5. The number of rotatable bonds is 56. The smallest absolute Gasteiger partial charge is 0.338 e. The van der Waals surface area contributed by atoms with E-state index in [4.69, 9.17) is 37.9 Å². The molecule has 2 aliphatic carbocycles. The van der Waals surface area contributed by atoms with Crippen LogP contribution in [0.3, 0.4) is 0 Å². The molecule has 0 atom stereocenters. The molecule has 0 radical (unpaired) electrons. The zero-order chi connectivity index (χ0) is 93.6. The van der Waals surface area contributed by atoms with Crippen molar-refractivity contribution in [1.29, 1.82) is 0 Å². The van der Waals surface area contributed by atoms with Gasteiger partial charge in [0.15, 0.2) is 10.8 Å². The molecule has 11 rings (SSSR count). The second-order valence-corrected chi connectivity index (χ2v) is 34.9. The van der Waals surface area contributed by atoms with E-state index >= 15 is 28.8 Å². The average molecular weight is 1800 g/mol. The number of unbranched alkanes of at least 4 members (excludes halogenated alkanes) is 22. The number of hydrogen-bond donors (Lipinski definition) is 6. The minimum absolute atomic E-state index is 0.00153. The molecule has 9 aromatic rings. The third-order valence-corrected chi connectivity index (χ3v) is 25.1. The van der Waals surface area contributed by atoms with E-state index < -0.39 is 95.2 Å². The van der Waals surface area contributed by atoms with Crippen LogP contribution < -0.4 is 20.1 Å². The van der Waals surface area contributed by atoms with E-state index in [1.54, 1.807) is 12.1 Å². The molecule has 6 N–H and O–H groups in total. The molecule has 9 aromatic carbocycles. The van der Waals surface area contributed by atoms with Gasteiger partial charge in [0.2, 0.25) is 0 Å². The number of aromatic hydroxyl groups is 4. The number of amides is 2. The molecule has 0 aromatic heterocycles. The molecular weight excluding hydrogens is 1670 g/mol. The van der Waals surface area contributed by atoms with Gasteiger partial charge in [0.1, 0.15) is 45.6 Å². The number of phenols is 4. The first kappa shape index (κ1) is 100. The van der Waals surface area contributed by atoms with Crippen LogP contribution in [0.25, 0.3) is 0 Å². The number of fused-ring (bicyclic) bond motifs is 2. The molecule has 0 bridgehead atoms. The molecule has 0 fully saturated rings. The molecule has 0 aliphatic heterocycles. The molecule has 22 heteroatoms. The first-order valence-corrected chi connectivity index (χ1v) is 47.9. The Morgan fingerprint density at radius 2 is 0.508 bits per heavy atom. The number of esters is 6. The predicted octanol–water partition coefficient (Wildman–Crippen LogP) is 21.8. The highest BCUT2D eigenvalue weighted by molar-refractivity contribution is 6.11. The fraction of sp³-hybridized carbons (Fsp3) is 0.436. The van der Waals surface area contributed by atoms with Crippen molar-refractivity contribution in [3.05, 3.63) is 284 Å². The number of benzene rings is 9. The molecule has 22 nitrogen and oxygen atoms in total. The van der Waals surface area contributed by atoms with Gasteiger partial charge in [-0.1, -0.05) is 302 Å². The van der Waals surface area contributed by atoms with Crippen molar-refractivity contribution < 1.29 is 96.7 Å². The number of carbonyl (C=O) groups is 8. The lowest BCUT2D eigenvalue weighted by Gasteiger charge is -2.38. The molecular formula is C110H132N2O20. The summed E-state index contributed by atoms with van der Waals surface area (Å²) in [4.78, 5) is 127. The van der Waals surface area contributed by atoms with Crippen molar-refractivity contribution >= 4 is 47.6 Å². The van der Waals surface area contributed by atoms with Crippen LogP contribution in [0.1, 0.15) is 305 Å². The second-order valence-electron chi connectivity index (χ2n) is 34.9. The van der Waals surface area contributed by atoms with Crippen LogP contribution in [0.15, 0.2) is 206 Å². The molecule has 702 valence electrons. The second kappa shape index (κ2) is 50.8. The van der Waals surface area contributed by atoms with Gasteiger partial charge in [0.25, 0.3) is 11.8 Å². The summed E-state index contributed by atoms with van der Waals surface area (Å²) in [6, 6.07) is 59.1. The van der Waals surface area contributed by atoms with Gasteiger partial charge in [-0.15, -0.1) is 0 Å². The van der Waals surface area contributed by atoms with Gasteiger partial charge in [0, 0.05) is 48.9 Å². The summed E-state index contributed by atoms with van der Waals surface area (Å²) in [6.07, 6.45) is 20.0. The maximum atomic E-state index is 17.9. The maximum Gasteiger partial charge on any atom is 0.338 e. The van der Waals surface area contributed by atoms with Crippen LogP contribution in [-0.2, 0) is 84.4 Å². The maximum absolute atomic E-state index is 17.9. The Morgan fingerprint density at radius 1 is 0.273 bits per heavy atom. The molecule has 2 amide bonds. The van der Waals surface area contributed by atoms with Gasteiger partial charge in [0.05, 0.1) is 64.0 Å². The normalized spacial score (nSPS) is 12.9. The SMILES string of the molecule is CCCCCCCCOC(=O)C1(C(=O)OCCCCCCCC)Cc2c(c(C(=O)NC(c3ccccc3)(c3ccccc3)c3cccc(OCCCCOC(=O)c4cc(O)cc(O)c4)c3)c3c(c2C(=O)NC(c2ccccc2)(c2ccccc2)c2cccc(OCCCCOC(=O)c4cc(O)cc(O)c4)c2)CC(C(=O)OCCCCCCCC)(C(=O)OCCCCCCCC)C3)C1. The highest BCUT2D eigenvalue weighted by atomic mass is 16.6. The number of ether oxygens (including phenoxy) is 8. The van der Waals surface area contributed by atoms with Gasteiger partial charge >= 0.3 is 35.8 Å². The van der Waals surface area contributed by atoms with E-state index in [-0.39, 0.29) is 120 Å².